The van der Waals surface area contributed by atoms with Crippen molar-refractivity contribution >= 4 is 29.4 Å². The van der Waals surface area contributed by atoms with Gasteiger partial charge in [0, 0.05) is 23.7 Å². The first-order valence-corrected chi connectivity index (χ1v) is 7.66. The number of hydrogen-bond acceptors (Lipinski definition) is 3. The maximum atomic E-state index is 12.1. The third-order valence-corrected chi connectivity index (χ3v) is 4.26. The third kappa shape index (κ3) is 3.25. The van der Waals surface area contributed by atoms with Gasteiger partial charge in [0.2, 0.25) is 0 Å². The van der Waals surface area contributed by atoms with Crippen LogP contribution in [0.4, 0.5) is 10.5 Å². The number of carboxylic acid groups (broad SMARTS) is 1. The summed E-state index contributed by atoms with van der Waals surface area (Å²) in [5, 5.41) is 11.9. The van der Waals surface area contributed by atoms with Gasteiger partial charge in [0.1, 0.15) is 0 Å². The van der Waals surface area contributed by atoms with Crippen LogP contribution >= 0.6 is 11.8 Å². The number of carbonyl (C=O) groups is 2. The Morgan fingerprint density at radius 3 is 2.75 bits per heavy atom. The molecule has 1 saturated heterocycles. The molecule has 1 aromatic carbocycles. The van der Waals surface area contributed by atoms with Crippen molar-refractivity contribution in [2.24, 2.45) is 11.8 Å². The molecule has 0 saturated carbocycles. The molecule has 108 valence electrons. The topological polar surface area (TPSA) is 69.6 Å². The number of carboxylic acids is 1. The molecule has 1 heterocycles. The number of anilines is 1. The van der Waals surface area contributed by atoms with Crippen LogP contribution < -0.4 is 5.32 Å². The van der Waals surface area contributed by atoms with Crippen LogP contribution in [0.2, 0.25) is 0 Å². The molecule has 6 heteroatoms. The normalized spacial score (nSPS) is 21.8. The van der Waals surface area contributed by atoms with Gasteiger partial charge in [-0.15, -0.1) is 11.8 Å². The molecule has 2 amide bonds. The molecule has 0 aromatic heterocycles. The largest absolute Gasteiger partial charge is 0.481 e. The molecule has 20 heavy (non-hydrogen) atoms. The summed E-state index contributed by atoms with van der Waals surface area (Å²) in [6, 6.07) is 7.34. The first-order valence-electron chi connectivity index (χ1n) is 6.44. The monoisotopic (exact) mass is 294 g/mol. The highest BCUT2D eigenvalue weighted by molar-refractivity contribution is 7.98. The van der Waals surface area contributed by atoms with E-state index in [-0.39, 0.29) is 18.5 Å². The van der Waals surface area contributed by atoms with E-state index in [1.807, 2.05) is 37.4 Å². The number of benzene rings is 1. The SMILES string of the molecule is CSc1cccc(NC(=O)N2CC(C)C(C(=O)O)C2)c1. The molecule has 2 atom stereocenters. The summed E-state index contributed by atoms with van der Waals surface area (Å²) in [6.45, 7) is 2.61. The minimum absolute atomic E-state index is 0.0178. The molecule has 5 nitrogen and oxygen atoms in total. The van der Waals surface area contributed by atoms with Crippen molar-refractivity contribution in [2.45, 2.75) is 11.8 Å². The number of urea groups is 1. The quantitative estimate of drug-likeness (QED) is 0.841. The standard InChI is InChI=1S/C14H18N2O3S/c1-9-7-16(8-12(9)13(17)18)14(19)15-10-4-3-5-11(6-10)20-2/h3-6,9,12H,7-8H2,1-2H3,(H,15,19)(H,17,18). The minimum atomic E-state index is -0.836. The average molecular weight is 294 g/mol. The van der Waals surface area contributed by atoms with Crippen molar-refractivity contribution in [2.75, 3.05) is 24.7 Å². The van der Waals surface area contributed by atoms with Crippen molar-refractivity contribution in [1.82, 2.24) is 4.90 Å². The number of likely N-dealkylation sites (tertiary alicyclic amines) is 1. The molecular weight excluding hydrogens is 276 g/mol. The number of carbonyl (C=O) groups excluding carboxylic acids is 1. The number of amides is 2. The van der Waals surface area contributed by atoms with Crippen molar-refractivity contribution in [3.8, 4) is 0 Å². The van der Waals surface area contributed by atoms with E-state index in [2.05, 4.69) is 5.32 Å². The number of hydrogen-bond donors (Lipinski definition) is 2. The van der Waals surface area contributed by atoms with Crippen LogP contribution in [-0.4, -0.2) is 41.4 Å². The predicted octanol–water partition coefficient (Wildman–Crippen LogP) is 2.59. The summed E-state index contributed by atoms with van der Waals surface area (Å²) >= 11 is 1.60. The Morgan fingerprint density at radius 2 is 2.15 bits per heavy atom. The van der Waals surface area contributed by atoms with Gasteiger partial charge >= 0.3 is 12.0 Å². The van der Waals surface area contributed by atoms with Crippen LogP contribution in [0.5, 0.6) is 0 Å². The summed E-state index contributed by atoms with van der Waals surface area (Å²) in [4.78, 5) is 25.8. The molecule has 1 aliphatic rings. The van der Waals surface area contributed by atoms with Gasteiger partial charge in [-0.05, 0) is 30.4 Å². The fourth-order valence-electron chi connectivity index (χ4n) is 2.36. The number of aliphatic carboxylic acids is 1. The van der Waals surface area contributed by atoms with E-state index < -0.39 is 11.9 Å². The summed E-state index contributed by atoms with van der Waals surface area (Å²) in [7, 11) is 0. The number of rotatable bonds is 3. The smallest absolute Gasteiger partial charge is 0.321 e. The average Bonchev–Trinajstić information content (AvgIpc) is 2.81. The highest BCUT2D eigenvalue weighted by atomic mass is 32.2. The number of thioether (sulfide) groups is 1. The lowest BCUT2D eigenvalue weighted by atomic mass is 9.99. The Hall–Kier alpha value is -1.69. The fraction of sp³-hybridized carbons (Fsp3) is 0.429. The van der Waals surface area contributed by atoms with Crippen molar-refractivity contribution < 1.29 is 14.7 Å². The van der Waals surface area contributed by atoms with Crippen LogP contribution in [0.1, 0.15) is 6.92 Å². The first-order chi connectivity index (χ1) is 9.51. The molecule has 2 unspecified atom stereocenters. The van der Waals surface area contributed by atoms with Crippen LogP contribution in [0.15, 0.2) is 29.2 Å². The second kappa shape index (κ2) is 6.17. The van der Waals surface area contributed by atoms with E-state index in [4.69, 9.17) is 5.11 Å². The van der Waals surface area contributed by atoms with E-state index in [1.165, 1.54) is 0 Å². The zero-order chi connectivity index (χ0) is 14.7. The second-order valence-corrected chi connectivity index (χ2v) is 5.87. The maximum absolute atomic E-state index is 12.1. The summed E-state index contributed by atoms with van der Waals surface area (Å²) < 4.78 is 0. The van der Waals surface area contributed by atoms with Gasteiger partial charge in [0.25, 0.3) is 0 Å². The van der Waals surface area contributed by atoms with Gasteiger partial charge in [-0.25, -0.2) is 4.79 Å². The van der Waals surface area contributed by atoms with Gasteiger partial charge < -0.3 is 15.3 Å². The van der Waals surface area contributed by atoms with E-state index in [9.17, 15) is 9.59 Å². The predicted molar refractivity (Wildman–Crippen MR) is 79.1 cm³/mol. The van der Waals surface area contributed by atoms with Crippen molar-refractivity contribution in [3.05, 3.63) is 24.3 Å². The minimum Gasteiger partial charge on any atom is -0.481 e. The lowest BCUT2D eigenvalue weighted by Gasteiger charge is -2.17. The van der Waals surface area contributed by atoms with E-state index in [1.54, 1.807) is 16.7 Å². The molecule has 0 radical (unpaired) electrons. The molecule has 0 aliphatic carbocycles. The van der Waals surface area contributed by atoms with E-state index >= 15 is 0 Å². The summed E-state index contributed by atoms with van der Waals surface area (Å²) in [6.07, 6.45) is 1.97. The van der Waals surface area contributed by atoms with Gasteiger partial charge in [-0.3, -0.25) is 4.79 Å². The van der Waals surface area contributed by atoms with Gasteiger partial charge in [0.15, 0.2) is 0 Å². The Kier molecular flexibility index (Phi) is 4.54. The maximum Gasteiger partial charge on any atom is 0.321 e. The molecule has 0 bridgehead atoms. The molecule has 2 rings (SSSR count). The van der Waals surface area contributed by atoms with Crippen LogP contribution in [-0.2, 0) is 4.79 Å². The highest BCUT2D eigenvalue weighted by Crippen LogP contribution is 2.24. The summed E-state index contributed by atoms with van der Waals surface area (Å²) in [5.74, 6) is -1.33. The number of nitrogens with zero attached hydrogens (tertiary/aromatic N) is 1. The van der Waals surface area contributed by atoms with Crippen molar-refractivity contribution in [3.63, 3.8) is 0 Å². The fourth-order valence-corrected chi connectivity index (χ4v) is 2.82. The van der Waals surface area contributed by atoms with Gasteiger partial charge in [-0.1, -0.05) is 13.0 Å². The van der Waals surface area contributed by atoms with Crippen LogP contribution in [0, 0.1) is 11.8 Å². The van der Waals surface area contributed by atoms with Gasteiger partial charge in [-0.2, -0.15) is 0 Å². The Bertz CT molecular complexity index is 521. The molecule has 1 fully saturated rings. The second-order valence-electron chi connectivity index (χ2n) is 4.99. The Morgan fingerprint density at radius 1 is 1.40 bits per heavy atom. The Balaban J connectivity index is 2.00. The zero-order valence-electron chi connectivity index (χ0n) is 11.5. The molecule has 1 aromatic rings. The molecule has 2 N–H and O–H groups in total. The van der Waals surface area contributed by atoms with Gasteiger partial charge in [0.05, 0.1) is 5.92 Å². The molecular formula is C14H18N2O3S. The number of nitrogens with one attached hydrogen (secondary N) is 1. The molecule has 1 aliphatic heterocycles. The van der Waals surface area contributed by atoms with E-state index in [0.717, 1.165) is 10.6 Å². The van der Waals surface area contributed by atoms with E-state index in [0.29, 0.717) is 6.54 Å². The Labute approximate surface area is 122 Å². The van der Waals surface area contributed by atoms with Crippen LogP contribution in [0.3, 0.4) is 0 Å². The highest BCUT2D eigenvalue weighted by Gasteiger charge is 2.36. The lowest BCUT2D eigenvalue weighted by molar-refractivity contribution is -0.142. The lowest BCUT2D eigenvalue weighted by Crippen LogP contribution is -2.33. The first kappa shape index (κ1) is 14.7. The van der Waals surface area contributed by atoms with Crippen molar-refractivity contribution in [1.29, 1.82) is 0 Å². The zero-order valence-corrected chi connectivity index (χ0v) is 12.3. The molecule has 0 spiro atoms. The summed E-state index contributed by atoms with van der Waals surface area (Å²) in [5.41, 5.74) is 0.730. The third-order valence-electron chi connectivity index (χ3n) is 3.54. The van der Waals surface area contributed by atoms with Crippen LogP contribution in [0.25, 0.3) is 0 Å².